The third-order valence-corrected chi connectivity index (χ3v) is 3.20. The molecule has 0 bridgehead atoms. The van der Waals surface area contributed by atoms with Crippen LogP contribution in [-0.4, -0.2) is 29.7 Å². The molecule has 0 N–H and O–H groups in total. The summed E-state index contributed by atoms with van der Waals surface area (Å²) in [6.07, 6.45) is 3.98. The summed E-state index contributed by atoms with van der Waals surface area (Å²) in [5.41, 5.74) is 0.970. The number of hydrogen-bond acceptors (Lipinski definition) is 2. The number of carbonyl (C=O) groups is 2. The van der Waals surface area contributed by atoms with Gasteiger partial charge < -0.3 is 4.90 Å². The SMILES string of the molecule is CC(=O)[C@@H](CC(C)C)N(C)C(=O)/C=C/c1ccccc1. The van der Waals surface area contributed by atoms with Gasteiger partial charge >= 0.3 is 0 Å². The molecule has 0 aliphatic heterocycles. The Morgan fingerprint density at radius 2 is 1.80 bits per heavy atom. The first-order valence-electron chi connectivity index (χ1n) is 6.92. The number of carbonyl (C=O) groups excluding carboxylic acids is 2. The van der Waals surface area contributed by atoms with E-state index in [0.717, 1.165) is 5.56 Å². The van der Waals surface area contributed by atoms with Gasteiger partial charge in [0.15, 0.2) is 5.78 Å². The second kappa shape index (κ2) is 7.63. The minimum atomic E-state index is -0.345. The zero-order chi connectivity index (χ0) is 15.1. The molecule has 0 radical (unpaired) electrons. The van der Waals surface area contributed by atoms with Crippen LogP contribution in [0.15, 0.2) is 36.4 Å². The molecule has 1 aromatic rings. The Morgan fingerprint density at radius 1 is 1.20 bits per heavy atom. The maximum Gasteiger partial charge on any atom is 0.246 e. The average molecular weight is 273 g/mol. The highest BCUT2D eigenvalue weighted by Crippen LogP contribution is 2.12. The summed E-state index contributed by atoms with van der Waals surface area (Å²) in [5.74, 6) is 0.259. The van der Waals surface area contributed by atoms with Crippen LogP contribution in [0.2, 0.25) is 0 Å². The zero-order valence-electron chi connectivity index (χ0n) is 12.7. The largest absolute Gasteiger partial charge is 0.332 e. The molecule has 3 nitrogen and oxygen atoms in total. The Bertz CT molecular complexity index is 477. The van der Waals surface area contributed by atoms with E-state index in [-0.39, 0.29) is 17.7 Å². The van der Waals surface area contributed by atoms with Crippen molar-refractivity contribution >= 4 is 17.8 Å². The second-order valence-electron chi connectivity index (χ2n) is 5.45. The summed E-state index contributed by atoms with van der Waals surface area (Å²) in [7, 11) is 1.69. The van der Waals surface area contributed by atoms with Crippen LogP contribution < -0.4 is 0 Å². The lowest BCUT2D eigenvalue weighted by atomic mass is 9.99. The van der Waals surface area contributed by atoms with Gasteiger partial charge in [-0.2, -0.15) is 0 Å². The van der Waals surface area contributed by atoms with E-state index in [1.165, 1.54) is 17.9 Å². The fourth-order valence-corrected chi connectivity index (χ4v) is 2.05. The summed E-state index contributed by atoms with van der Waals surface area (Å²) in [6.45, 7) is 5.64. The van der Waals surface area contributed by atoms with Gasteiger partial charge in [0.1, 0.15) is 0 Å². The monoisotopic (exact) mass is 273 g/mol. The summed E-state index contributed by atoms with van der Waals surface area (Å²) in [5, 5.41) is 0. The Hall–Kier alpha value is -1.90. The first-order valence-corrected chi connectivity index (χ1v) is 6.92. The van der Waals surface area contributed by atoms with Crippen molar-refractivity contribution in [2.75, 3.05) is 7.05 Å². The van der Waals surface area contributed by atoms with Crippen LogP contribution in [0.5, 0.6) is 0 Å². The van der Waals surface area contributed by atoms with Crippen molar-refractivity contribution < 1.29 is 9.59 Å². The Morgan fingerprint density at radius 3 is 2.30 bits per heavy atom. The Labute approximate surface area is 121 Å². The molecule has 1 amide bonds. The molecular formula is C17H23NO2. The topological polar surface area (TPSA) is 37.4 Å². The number of benzene rings is 1. The lowest BCUT2D eigenvalue weighted by Crippen LogP contribution is -2.41. The van der Waals surface area contributed by atoms with E-state index < -0.39 is 0 Å². The lowest BCUT2D eigenvalue weighted by molar-refractivity contribution is -0.134. The van der Waals surface area contributed by atoms with Crippen molar-refractivity contribution in [2.45, 2.75) is 33.2 Å². The number of Topliss-reactive ketones (excluding diaryl/α,β-unsaturated/α-hetero) is 1. The molecule has 0 aliphatic carbocycles. The summed E-state index contributed by atoms with van der Waals surface area (Å²) < 4.78 is 0. The van der Waals surface area contributed by atoms with Crippen LogP contribution in [0, 0.1) is 5.92 Å². The van der Waals surface area contributed by atoms with Crippen LogP contribution in [0.1, 0.15) is 32.8 Å². The molecule has 0 aromatic heterocycles. The van der Waals surface area contributed by atoms with Gasteiger partial charge in [-0.1, -0.05) is 44.2 Å². The Balaban J connectivity index is 2.74. The third kappa shape index (κ3) is 5.00. The molecule has 0 unspecified atom stereocenters. The molecule has 0 saturated carbocycles. The molecule has 0 heterocycles. The fourth-order valence-electron chi connectivity index (χ4n) is 2.05. The molecule has 0 fully saturated rings. The van der Waals surface area contributed by atoms with Gasteiger partial charge in [0.25, 0.3) is 0 Å². The molecule has 1 atom stereocenters. The molecular weight excluding hydrogens is 250 g/mol. The highest BCUT2D eigenvalue weighted by atomic mass is 16.2. The van der Waals surface area contributed by atoms with E-state index in [2.05, 4.69) is 0 Å². The van der Waals surface area contributed by atoms with Gasteiger partial charge in [0, 0.05) is 13.1 Å². The number of likely N-dealkylation sites (N-methyl/N-ethyl adjacent to an activating group) is 1. The van der Waals surface area contributed by atoms with Gasteiger partial charge in [-0.05, 0) is 30.9 Å². The predicted octanol–water partition coefficient (Wildman–Crippen LogP) is 3.16. The van der Waals surface area contributed by atoms with E-state index in [0.29, 0.717) is 12.3 Å². The van der Waals surface area contributed by atoms with Crippen LogP contribution in [0.4, 0.5) is 0 Å². The van der Waals surface area contributed by atoms with Gasteiger partial charge in [-0.25, -0.2) is 0 Å². The maximum atomic E-state index is 12.1. The third-order valence-electron chi connectivity index (χ3n) is 3.20. The maximum absolute atomic E-state index is 12.1. The van der Waals surface area contributed by atoms with Gasteiger partial charge in [0.05, 0.1) is 6.04 Å². The molecule has 1 aromatic carbocycles. The van der Waals surface area contributed by atoms with Gasteiger partial charge in [-0.3, -0.25) is 9.59 Å². The van der Waals surface area contributed by atoms with E-state index in [1.807, 2.05) is 44.2 Å². The van der Waals surface area contributed by atoms with Crippen molar-refractivity contribution in [3.8, 4) is 0 Å². The quantitative estimate of drug-likeness (QED) is 0.747. The number of amides is 1. The summed E-state index contributed by atoms with van der Waals surface area (Å²) in [6, 6.07) is 9.29. The molecule has 3 heteroatoms. The van der Waals surface area contributed by atoms with E-state index in [1.54, 1.807) is 13.1 Å². The molecule has 0 aliphatic rings. The van der Waals surface area contributed by atoms with E-state index in [9.17, 15) is 9.59 Å². The number of ketones is 1. The van der Waals surface area contributed by atoms with Crippen LogP contribution in [-0.2, 0) is 9.59 Å². The van der Waals surface area contributed by atoms with Gasteiger partial charge in [0.2, 0.25) is 5.91 Å². The number of hydrogen-bond donors (Lipinski definition) is 0. The lowest BCUT2D eigenvalue weighted by Gasteiger charge is -2.26. The smallest absolute Gasteiger partial charge is 0.246 e. The standard InChI is InChI=1S/C17H23NO2/c1-13(2)12-16(14(3)19)18(4)17(20)11-10-15-8-6-5-7-9-15/h5-11,13,16H,12H2,1-4H3/b11-10+/t16-/m1/s1. The summed E-state index contributed by atoms with van der Waals surface area (Å²) >= 11 is 0. The molecule has 0 saturated heterocycles. The van der Waals surface area contributed by atoms with Crippen LogP contribution in [0.3, 0.4) is 0 Å². The summed E-state index contributed by atoms with van der Waals surface area (Å²) in [4.78, 5) is 25.3. The molecule has 1 rings (SSSR count). The predicted molar refractivity (Wildman–Crippen MR) is 82.2 cm³/mol. The minimum absolute atomic E-state index is 0.0302. The number of rotatable bonds is 6. The molecule has 20 heavy (non-hydrogen) atoms. The van der Waals surface area contributed by atoms with Gasteiger partial charge in [-0.15, -0.1) is 0 Å². The second-order valence-corrected chi connectivity index (χ2v) is 5.45. The van der Waals surface area contributed by atoms with E-state index >= 15 is 0 Å². The average Bonchev–Trinajstić information content (AvgIpc) is 2.42. The zero-order valence-corrected chi connectivity index (χ0v) is 12.7. The fraction of sp³-hybridized carbons (Fsp3) is 0.412. The Kier molecular flexibility index (Phi) is 6.16. The van der Waals surface area contributed by atoms with Crippen molar-refractivity contribution in [1.82, 2.24) is 4.90 Å². The van der Waals surface area contributed by atoms with Crippen molar-refractivity contribution in [2.24, 2.45) is 5.92 Å². The van der Waals surface area contributed by atoms with Crippen molar-refractivity contribution in [1.29, 1.82) is 0 Å². The molecule has 0 spiro atoms. The van der Waals surface area contributed by atoms with Crippen molar-refractivity contribution in [3.05, 3.63) is 42.0 Å². The molecule has 108 valence electrons. The van der Waals surface area contributed by atoms with Crippen LogP contribution in [0.25, 0.3) is 6.08 Å². The first-order chi connectivity index (χ1) is 9.41. The highest BCUT2D eigenvalue weighted by Gasteiger charge is 2.23. The van der Waals surface area contributed by atoms with Crippen molar-refractivity contribution in [3.63, 3.8) is 0 Å². The minimum Gasteiger partial charge on any atom is -0.332 e. The first kappa shape index (κ1) is 16.2. The van der Waals surface area contributed by atoms with Crippen LogP contribution >= 0.6 is 0 Å². The highest BCUT2D eigenvalue weighted by molar-refractivity contribution is 5.95. The number of nitrogens with zero attached hydrogens (tertiary/aromatic N) is 1. The van der Waals surface area contributed by atoms with E-state index in [4.69, 9.17) is 0 Å². The normalized spacial score (nSPS) is 12.7.